The van der Waals surface area contributed by atoms with Gasteiger partial charge in [0.2, 0.25) is 0 Å². The van der Waals surface area contributed by atoms with E-state index in [9.17, 15) is 9.90 Å². The van der Waals surface area contributed by atoms with Gasteiger partial charge in [-0.3, -0.25) is 4.79 Å². The first-order chi connectivity index (χ1) is 9.65. The Hall–Kier alpha value is -2.21. The number of benzene rings is 1. The SMILES string of the molecule is CCCNC(=O)c1nn(-c2ccc(C)cc2)nc1CO. The fourth-order valence-electron chi connectivity index (χ4n) is 1.74. The van der Waals surface area contributed by atoms with Crippen LogP contribution in [0.25, 0.3) is 5.69 Å². The van der Waals surface area contributed by atoms with Crippen molar-refractivity contribution >= 4 is 5.91 Å². The van der Waals surface area contributed by atoms with Crippen LogP contribution in [0.4, 0.5) is 0 Å². The van der Waals surface area contributed by atoms with E-state index >= 15 is 0 Å². The first-order valence-electron chi connectivity index (χ1n) is 6.58. The van der Waals surface area contributed by atoms with Crippen LogP contribution < -0.4 is 5.32 Å². The molecule has 0 saturated heterocycles. The molecule has 0 bridgehead atoms. The summed E-state index contributed by atoms with van der Waals surface area (Å²) >= 11 is 0. The summed E-state index contributed by atoms with van der Waals surface area (Å²) in [5, 5.41) is 20.4. The average molecular weight is 274 g/mol. The van der Waals surface area contributed by atoms with Gasteiger partial charge in [0.1, 0.15) is 5.69 Å². The molecule has 0 fully saturated rings. The molecule has 1 aromatic carbocycles. The highest BCUT2D eigenvalue weighted by molar-refractivity contribution is 5.93. The van der Waals surface area contributed by atoms with Gasteiger partial charge in [0.15, 0.2) is 5.69 Å². The lowest BCUT2D eigenvalue weighted by atomic mass is 10.2. The molecule has 20 heavy (non-hydrogen) atoms. The van der Waals surface area contributed by atoms with Crippen molar-refractivity contribution in [3.8, 4) is 5.69 Å². The summed E-state index contributed by atoms with van der Waals surface area (Å²) in [6.07, 6.45) is 0.840. The van der Waals surface area contributed by atoms with Crippen molar-refractivity contribution in [2.45, 2.75) is 26.9 Å². The summed E-state index contributed by atoms with van der Waals surface area (Å²) in [6, 6.07) is 7.61. The van der Waals surface area contributed by atoms with Gasteiger partial charge in [0.05, 0.1) is 12.3 Å². The molecule has 6 nitrogen and oxygen atoms in total. The molecule has 0 aliphatic rings. The molecular formula is C14H18N4O2. The number of aliphatic hydroxyl groups is 1. The molecule has 1 heterocycles. The molecule has 0 atom stereocenters. The highest BCUT2D eigenvalue weighted by Crippen LogP contribution is 2.10. The van der Waals surface area contributed by atoms with Gasteiger partial charge in [0, 0.05) is 6.54 Å². The lowest BCUT2D eigenvalue weighted by Gasteiger charge is -2.00. The molecule has 0 aliphatic carbocycles. The van der Waals surface area contributed by atoms with E-state index in [-0.39, 0.29) is 23.9 Å². The van der Waals surface area contributed by atoms with E-state index in [1.807, 2.05) is 38.1 Å². The number of aryl methyl sites for hydroxylation is 1. The molecule has 106 valence electrons. The van der Waals surface area contributed by atoms with Crippen LogP contribution >= 0.6 is 0 Å². The van der Waals surface area contributed by atoms with Crippen molar-refractivity contribution in [2.24, 2.45) is 0 Å². The van der Waals surface area contributed by atoms with Crippen molar-refractivity contribution in [1.29, 1.82) is 0 Å². The Labute approximate surface area is 117 Å². The molecule has 0 aliphatic heterocycles. The molecular weight excluding hydrogens is 256 g/mol. The number of hydrogen-bond acceptors (Lipinski definition) is 4. The predicted octanol–water partition coefficient (Wildman–Crippen LogP) is 1.21. The zero-order valence-electron chi connectivity index (χ0n) is 11.6. The minimum atomic E-state index is -0.319. The van der Waals surface area contributed by atoms with Gasteiger partial charge in [-0.25, -0.2) is 0 Å². The highest BCUT2D eigenvalue weighted by Gasteiger charge is 2.18. The quantitative estimate of drug-likeness (QED) is 0.858. The Kier molecular flexibility index (Phi) is 4.47. The van der Waals surface area contributed by atoms with Crippen LogP contribution in [0.1, 0.15) is 35.1 Å². The normalized spacial score (nSPS) is 10.6. The van der Waals surface area contributed by atoms with Crippen molar-refractivity contribution in [1.82, 2.24) is 20.3 Å². The third-order valence-corrected chi connectivity index (χ3v) is 2.85. The minimum absolute atomic E-state index is 0.168. The van der Waals surface area contributed by atoms with Crippen LogP contribution in [0.2, 0.25) is 0 Å². The summed E-state index contributed by atoms with van der Waals surface area (Å²) in [5.41, 5.74) is 2.32. The standard InChI is InChI=1S/C14H18N4O2/c1-3-8-15-14(20)13-12(9-19)16-18(17-13)11-6-4-10(2)5-7-11/h4-7,19H,3,8-9H2,1-2H3,(H,15,20). The number of aliphatic hydroxyl groups excluding tert-OH is 1. The molecule has 0 spiro atoms. The number of carbonyl (C=O) groups is 1. The predicted molar refractivity (Wildman–Crippen MR) is 74.6 cm³/mol. The van der Waals surface area contributed by atoms with E-state index < -0.39 is 0 Å². The lowest BCUT2D eigenvalue weighted by Crippen LogP contribution is -2.25. The van der Waals surface area contributed by atoms with Gasteiger partial charge in [-0.2, -0.15) is 4.80 Å². The zero-order chi connectivity index (χ0) is 14.5. The van der Waals surface area contributed by atoms with Gasteiger partial charge < -0.3 is 10.4 Å². The van der Waals surface area contributed by atoms with Crippen molar-refractivity contribution < 1.29 is 9.90 Å². The number of nitrogens with zero attached hydrogens (tertiary/aromatic N) is 3. The van der Waals surface area contributed by atoms with Gasteiger partial charge in [-0.05, 0) is 25.5 Å². The first kappa shape index (κ1) is 14.2. The molecule has 0 unspecified atom stereocenters. The number of hydrogen-bond donors (Lipinski definition) is 2. The largest absolute Gasteiger partial charge is 0.390 e. The second kappa shape index (κ2) is 6.29. The Morgan fingerprint density at radius 2 is 2.00 bits per heavy atom. The monoisotopic (exact) mass is 274 g/mol. The van der Waals surface area contributed by atoms with Gasteiger partial charge in [0.25, 0.3) is 5.91 Å². The van der Waals surface area contributed by atoms with E-state index in [0.29, 0.717) is 6.54 Å². The van der Waals surface area contributed by atoms with Crippen LogP contribution in [-0.4, -0.2) is 32.6 Å². The van der Waals surface area contributed by atoms with Gasteiger partial charge in [-0.1, -0.05) is 24.6 Å². The maximum absolute atomic E-state index is 11.9. The van der Waals surface area contributed by atoms with Crippen LogP contribution in [0.5, 0.6) is 0 Å². The number of nitrogens with one attached hydrogen (secondary N) is 1. The summed E-state index contributed by atoms with van der Waals surface area (Å²) in [5.74, 6) is -0.311. The van der Waals surface area contributed by atoms with Gasteiger partial charge in [-0.15, -0.1) is 10.2 Å². The van der Waals surface area contributed by atoms with Crippen molar-refractivity contribution in [3.63, 3.8) is 0 Å². The lowest BCUT2D eigenvalue weighted by molar-refractivity contribution is 0.0945. The zero-order valence-corrected chi connectivity index (χ0v) is 11.6. The Morgan fingerprint density at radius 1 is 1.30 bits per heavy atom. The van der Waals surface area contributed by atoms with E-state index in [1.54, 1.807) is 0 Å². The smallest absolute Gasteiger partial charge is 0.273 e. The maximum Gasteiger partial charge on any atom is 0.273 e. The van der Waals surface area contributed by atoms with Crippen LogP contribution in [-0.2, 0) is 6.61 Å². The second-order valence-corrected chi connectivity index (χ2v) is 4.53. The first-order valence-corrected chi connectivity index (χ1v) is 6.58. The Morgan fingerprint density at radius 3 is 2.60 bits per heavy atom. The second-order valence-electron chi connectivity index (χ2n) is 4.53. The van der Waals surface area contributed by atoms with E-state index in [4.69, 9.17) is 0 Å². The molecule has 6 heteroatoms. The molecule has 2 aromatic rings. The summed E-state index contributed by atoms with van der Waals surface area (Å²) in [6.45, 7) is 4.21. The summed E-state index contributed by atoms with van der Waals surface area (Å²) in [4.78, 5) is 13.3. The topological polar surface area (TPSA) is 80.0 Å². The fourth-order valence-corrected chi connectivity index (χ4v) is 1.74. The number of rotatable bonds is 5. The highest BCUT2D eigenvalue weighted by atomic mass is 16.3. The maximum atomic E-state index is 11.9. The molecule has 2 N–H and O–H groups in total. The molecule has 0 saturated carbocycles. The fraction of sp³-hybridized carbons (Fsp3) is 0.357. The molecule has 1 aromatic heterocycles. The molecule has 0 radical (unpaired) electrons. The number of aromatic nitrogens is 3. The average Bonchev–Trinajstić information content (AvgIpc) is 2.89. The summed E-state index contributed by atoms with van der Waals surface area (Å²) < 4.78 is 0. The summed E-state index contributed by atoms with van der Waals surface area (Å²) in [7, 11) is 0. The third-order valence-electron chi connectivity index (χ3n) is 2.85. The van der Waals surface area contributed by atoms with Crippen LogP contribution in [0, 0.1) is 6.92 Å². The van der Waals surface area contributed by atoms with Crippen molar-refractivity contribution in [3.05, 3.63) is 41.2 Å². The third kappa shape index (κ3) is 3.03. The van der Waals surface area contributed by atoms with Crippen LogP contribution in [0.3, 0.4) is 0 Å². The Bertz CT molecular complexity index is 590. The van der Waals surface area contributed by atoms with Gasteiger partial charge >= 0.3 is 0 Å². The number of carbonyl (C=O) groups excluding carboxylic acids is 1. The van der Waals surface area contributed by atoms with E-state index in [0.717, 1.165) is 17.7 Å². The number of amides is 1. The Balaban J connectivity index is 2.30. The molecule has 1 amide bonds. The van der Waals surface area contributed by atoms with Crippen molar-refractivity contribution in [2.75, 3.05) is 6.54 Å². The minimum Gasteiger partial charge on any atom is -0.390 e. The van der Waals surface area contributed by atoms with E-state index in [2.05, 4.69) is 15.5 Å². The molecule has 2 rings (SSSR count). The van der Waals surface area contributed by atoms with E-state index in [1.165, 1.54) is 4.80 Å². The van der Waals surface area contributed by atoms with Crippen LogP contribution in [0.15, 0.2) is 24.3 Å².